The number of carbonyl (C=O) groups is 2. The molecule has 0 aromatic heterocycles. The fourth-order valence-electron chi connectivity index (χ4n) is 3.75. The van der Waals surface area contributed by atoms with Gasteiger partial charge >= 0.3 is 6.03 Å². The van der Waals surface area contributed by atoms with Crippen LogP contribution in [-0.4, -0.2) is 63.2 Å². The monoisotopic (exact) mass is 403 g/mol. The number of benzene rings is 1. The van der Waals surface area contributed by atoms with Crippen molar-refractivity contribution in [2.45, 2.75) is 52.0 Å². The third kappa shape index (κ3) is 7.24. The van der Waals surface area contributed by atoms with Crippen LogP contribution in [0.5, 0.6) is 0 Å². The first kappa shape index (κ1) is 23.0. The first-order valence-electron chi connectivity index (χ1n) is 10.8. The average Bonchev–Trinajstić information content (AvgIpc) is 2.71. The van der Waals surface area contributed by atoms with Crippen LogP contribution in [0.2, 0.25) is 0 Å². The van der Waals surface area contributed by atoms with E-state index in [9.17, 15) is 9.59 Å². The minimum atomic E-state index is -0.206. The first-order chi connectivity index (χ1) is 13.9. The van der Waals surface area contributed by atoms with Crippen molar-refractivity contribution in [1.29, 1.82) is 0 Å². The summed E-state index contributed by atoms with van der Waals surface area (Å²) in [6.07, 6.45) is 5.65. The average molecular weight is 404 g/mol. The lowest BCUT2D eigenvalue weighted by Crippen LogP contribution is -2.39. The lowest BCUT2D eigenvalue weighted by Gasteiger charge is -2.23. The largest absolute Gasteiger partial charge is 0.377 e. The molecule has 1 aromatic rings. The van der Waals surface area contributed by atoms with Crippen LogP contribution in [-0.2, 0) is 0 Å². The highest BCUT2D eigenvalue weighted by atomic mass is 16.2. The Morgan fingerprint density at radius 1 is 1.07 bits per heavy atom. The Labute approximate surface area is 175 Å². The van der Waals surface area contributed by atoms with Gasteiger partial charge in [-0.3, -0.25) is 4.79 Å². The molecular weight excluding hydrogens is 366 g/mol. The Morgan fingerprint density at radius 3 is 2.38 bits per heavy atom. The standard InChI is InChI=1S/C22H37N5O2/c1-5-27(6-2)15-14-23-21(28)19-16-18(12-13-20(19)26(3)4)25-22(29)24-17-10-8-7-9-11-17/h12-13,16-17H,5-11,14-15H2,1-4H3,(H,23,28)(H2,24,25,29). The molecule has 0 bridgehead atoms. The second-order valence-corrected chi connectivity index (χ2v) is 7.84. The molecule has 7 nitrogen and oxygen atoms in total. The van der Waals surface area contributed by atoms with Gasteiger partial charge in [-0.25, -0.2) is 4.79 Å². The van der Waals surface area contributed by atoms with Crippen molar-refractivity contribution in [2.24, 2.45) is 0 Å². The Balaban J connectivity index is 2.01. The normalized spacial score (nSPS) is 14.5. The Hall–Kier alpha value is -2.28. The maximum Gasteiger partial charge on any atom is 0.319 e. The van der Waals surface area contributed by atoms with Gasteiger partial charge in [0.15, 0.2) is 0 Å². The molecule has 3 N–H and O–H groups in total. The molecule has 0 unspecified atom stereocenters. The molecule has 1 saturated carbocycles. The van der Waals surface area contributed by atoms with Crippen molar-refractivity contribution in [1.82, 2.24) is 15.5 Å². The molecule has 0 radical (unpaired) electrons. The van der Waals surface area contributed by atoms with Crippen molar-refractivity contribution in [2.75, 3.05) is 50.5 Å². The van der Waals surface area contributed by atoms with Crippen molar-refractivity contribution in [3.05, 3.63) is 23.8 Å². The molecule has 1 fully saturated rings. The van der Waals surface area contributed by atoms with Crippen LogP contribution in [0.4, 0.5) is 16.2 Å². The summed E-state index contributed by atoms with van der Waals surface area (Å²) in [7, 11) is 3.82. The molecule has 3 amide bonds. The van der Waals surface area contributed by atoms with E-state index >= 15 is 0 Å². The molecule has 0 spiro atoms. The van der Waals surface area contributed by atoms with E-state index in [1.165, 1.54) is 19.3 Å². The minimum Gasteiger partial charge on any atom is -0.377 e. The first-order valence-corrected chi connectivity index (χ1v) is 10.8. The lowest BCUT2D eigenvalue weighted by molar-refractivity contribution is 0.0949. The summed E-state index contributed by atoms with van der Waals surface area (Å²) >= 11 is 0. The van der Waals surface area contributed by atoms with Crippen LogP contribution in [0.3, 0.4) is 0 Å². The van der Waals surface area contributed by atoms with Crippen molar-refractivity contribution >= 4 is 23.3 Å². The van der Waals surface area contributed by atoms with Crippen molar-refractivity contribution in [3.63, 3.8) is 0 Å². The van der Waals surface area contributed by atoms with E-state index < -0.39 is 0 Å². The zero-order valence-corrected chi connectivity index (χ0v) is 18.4. The summed E-state index contributed by atoms with van der Waals surface area (Å²) in [5.41, 5.74) is 2.01. The van der Waals surface area contributed by atoms with Crippen molar-refractivity contribution < 1.29 is 9.59 Å². The number of carbonyl (C=O) groups excluding carboxylic acids is 2. The van der Waals surface area contributed by atoms with Gasteiger partial charge in [0, 0.05) is 44.6 Å². The highest BCUT2D eigenvalue weighted by molar-refractivity contribution is 6.01. The molecular formula is C22H37N5O2. The van der Waals surface area contributed by atoms with E-state index in [0.717, 1.165) is 38.2 Å². The summed E-state index contributed by atoms with van der Waals surface area (Å²) in [6.45, 7) is 7.56. The van der Waals surface area contributed by atoms with Crippen LogP contribution in [0.1, 0.15) is 56.3 Å². The molecule has 0 heterocycles. The van der Waals surface area contributed by atoms with E-state index in [4.69, 9.17) is 0 Å². The van der Waals surface area contributed by atoms with E-state index in [2.05, 4.69) is 34.7 Å². The number of hydrogen-bond donors (Lipinski definition) is 3. The van der Waals surface area contributed by atoms with Crippen LogP contribution < -0.4 is 20.9 Å². The molecule has 1 aromatic carbocycles. The molecule has 0 saturated heterocycles. The van der Waals surface area contributed by atoms with Gasteiger partial charge in [-0.05, 0) is 44.1 Å². The summed E-state index contributed by atoms with van der Waals surface area (Å²) in [6, 6.07) is 5.50. The smallest absolute Gasteiger partial charge is 0.319 e. The van der Waals surface area contributed by atoms with Gasteiger partial charge in [0.05, 0.1) is 5.56 Å². The maximum absolute atomic E-state index is 12.8. The minimum absolute atomic E-state index is 0.128. The van der Waals surface area contributed by atoms with E-state index in [0.29, 0.717) is 17.8 Å². The van der Waals surface area contributed by atoms with Crippen LogP contribution >= 0.6 is 0 Å². The van der Waals surface area contributed by atoms with Crippen molar-refractivity contribution in [3.8, 4) is 0 Å². The Morgan fingerprint density at radius 2 is 1.76 bits per heavy atom. The van der Waals surface area contributed by atoms with E-state index in [1.807, 2.05) is 31.1 Å². The van der Waals surface area contributed by atoms with E-state index in [1.54, 1.807) is 6.07 Å². The third-order valence-electron chi connectivity index (χ3n) is 5.53. The zero-order valence-electron chi connectivity index (χ0n) is 18.4. The molecule has 1 aliphatic carbocycles. The quantitative estimate of drug-likeness (QED) is 0.591. The van der Waals surface area contributed by atoms with Crippen LogP contribution in [0.25, 0.3) is 0 Å². The van der Waals surface area contributed by atoms with Gasteiger partial charge in [0.1, 0.15) is 0 Å². The fourth-order valence-corrected chi connectivity index (χ4v) is 3.75. The fraction of sp³-hybridized carbons (Fsp3) is 0.636. The summed E-state index contributed by atoms with van der Waals surface area (Å²) < 4.78 is 0. The van der Waals surface area contributed by atoms with Crippen LogP contribution in [0.15, 0.2) is 18.2 Å². The van der Waals surface area contributed by atoms with Gasteiger partial charge < -0.3 is 25.8 Å². The number of rotatable bonds is 9. The van der Waals surface area contributed by atoms with Gasteiger partial charge in [-0.15, -0.1) is 0 Å². The summed E-state index contributed by atoms with van der Waals surface area (Å²) in [5, 5.41) is 8.94. The second-order valence-electron chi connectivity index (χ2n) is 7.84. The Kier molecular flexibility index (Phi) is 9.25. The van der Waals surface area contributed by atoms with Gasteiger partial charge in [0.25, 0.3) is 5.91 Å². The molecule has 0 atom stereocenters. The number of urea groups is 1. The zero-order chi connectivity index (χ0) is 21.2. The highest BCUT2D eigenvalue weighted by Crippen LogP contribution is 2.23. The number of amides is 3. The molecule has 162 valence electrons. The number of nitrogens with zero attached hydrogens (tertiary/aromatic N) is 2. The number of likely N-dealkylation sites (N-methyl/N-ethyl adjacent to an activating group) is 1. The highest BCUT2D eigenvalue weighted by Gasteiger charge is 2.17. The molecule has 7 heteroatoms. The topological polar surface area (TPSA) is 76.7 Å². The second kappa shape index (κ2) is 11.7. The molecule has 0 aliphatic heterocycles. The van der Waals surface area contributed by atoms with Gasteiger partial charge in [-0.1, -0.05) is 33.1 Å². The predicted octanol–water partition coefficient (Wildman–Crippen LogP) is 3.28. The Bertz CT molecular complexity index is 667. The maximum atomic E-state index is 12.8. The molecule has 1 aliphatic rings. The predicted molar refractivity (Wildman–Crippen MR) is 120 cm³/mol. The van der Waals surface area contributed by atoms with Gasteiger partial charge in [-0.2, -0.15) is 0 Å². The number of anilines is 2. The van der Waals surface area contributed by atoms with Gasteiger partial charge in [0.2, 0.25) is 0 Å². The summed E-state index contributed by atoms with van der Waals surface area (Å²) in [5.74, 6) is -0.128. The SMILES string of the molecule is CCN(CC)CCNC(=O)c1cc(NC(=O)NC2CCCCC2)ccc1N(C)C. The lowest BCUT2D eigenvalue weighted by atomic mass is 9.96. The van der Waals surface area contributed by atoms with E-state index in [-0.39, 0.29) is 18.0 Å². The molecule has 29 heavy (non-hydrogen) atoms. The summed E-state index contributed by atoms with van der Waals surface area (Å²) in [4.78, 5) is 29.3. The number of nitrogens with one attached hydrogen (secondary N) is 3. The third-order valence-corrected chi connectivity index (χ3v) is 5.53. The molecule has 2 rings (SSSR count). The number of hydrogen-bond acceptors (Lipinski definition) is 4. The van der Waals surface area contributed by atoms with Crippen LogP contribution in [0, 0.1) is 0 Å².